The zero-order chi connectivity index (χ0) is 30.1. The second-order valence-corrected chi connectivity index (χ2v) is 24.6. The van der Waals surface area contributed by atoms with Gasteiger partial charge in [0.05, 0.1) is 19.0 Å². The van der Waals surface area contributed by atoms with Crippen molar-refractivity contribution in [3.8, 4) is 0 Å². The fourth-order valence-electron chi connectivity index (χ4n) is 5.48. The van der Waals surface area contributed by atoms with E-state index in [1.54, 1.807) is 11.4 Å². The van der Waals surface area contributed by atoms with Crippen LogP contribution in [0.4, 0.5) is 5.95 Å². The molecule has 0 amide bonds. The summed E-state index contributed by atoms with van der Waals surface area (Å²) >= 11 is 7.65. The number of aromatic amines is 1. The SMILES string of the molecule is C=C(C)[C@H]1CC[C@@]2(C)S[P@](=S)(OC[C@H]3O[C@@H](n4cnc5c(=O)[nH]c(N)nc54)[C@H](O)C3O[Si](C)(C)C(C)(C)C)O[C@@H]2C1. The highest BCUT2D eigenvalue weighted by Gasteiger charge is 2.55. The average molecular weight is 644 g/mol. The zero-order valence-corrected chi connectivity index (χ0v) is 28.3. The molecule has 11 nitrogen and oxygen atoms in total. The first-order chi connectivity index (χ1) is 18.9. The number of fused-ring (bicyclic) bond motifs is 2. The van der Waals surface area contributed by atoms with Gasteiger partial charge in [0.2, 0.25) is 11.6 Å². The van der Waals surface area contributed by atoms with E-state index in [2.05, 4.69) is 69.2 Å². The Morgan fingerprint density at radius 1 is 1.46 bits per heavy atom. The Morgan fingerprint density at radius 2 is 2.17 bits per heavy atom. The Kier molecular flexibility index (Phi) is 8.26. The van der Waals surface area contributed by atoms with Crippen LogP contribution in [0.3, 0.4) is 0 Å². The van der Waals surface area contributed by atoms with E-state index in [0.717, 1.165) is 19.3 Å². The minimum absolute atomic E-state index is 0.00262. The van der Waals surface area contributed by atoms with Crippen molar-refractivity contribution in [1.29, 1.82) is 0 Å². The Hall–Kier alpha value is -1.09. The quantitative estimate of drug-likeness (QED) is 0.216. The van der Waals surface area contributed by atoms with E-state index in [1.807, 2.05) is 0 Å². The molecule has 0 bridgehead atoms. The van der Waals surface area contributed by atoms with E-state index in [0.29, 0.717) is 5.92 Å². The number of rotatable bonds is 7. The van der Waals surface area contributed by atoms with Crippen molar-refractivity contribution in [2.45, 2.75) is 107 Å². The number of imidazole rings is 1. The Labute approximate surface area is 251 Å². The van der Waals surface area contributed by atoms with Gasteiger partial charge < -0.3 is 29.1 Å². The maximum Gasteiger partial charge on any atom is 0.280 e. The van der Waals surface area contributed by atoms with Crippen LogP contribution in [0.2, 0.25) is 18.1 Å². The fraction of sp³-hybridized carbons (Fsp3) is 0.731. The average Bonchev–Trinajstić information content (AvgIpc) is 3.48. The molecule has 1 saturated carbocycles. The van der Waals surface area contributed by atoms with E-state index in [9.17, 15) is 9.90 Å². The third-order valence-electron chi connectivity index (χ3n) is 9.11. The number of H-pyrrole nitrogens is 1. The van der Waals surface area contributed by atoms with Gasteiger partial charge in [-0.1, -0.05) is 44.3 Å². The highest BCUT2D eigenvalue weighted by molar-refractivity contribution is 8.68. The van der Waals surface area contributed by atoms with Crippen LogP contribution in [0.15, 0.2) is 23.3 Å². The summed E-state index contributed by atoms with van der Waals surface area (Å²) in [5.74, 6) is 0.370. The number of aliphatic hydroxyl groups is 1. The lowest BCUT2D eigenvalue weighted by atomic mass is 9.77. The molecule has 2 aliphatic heterocycles. The predicted molar refractivity (Wildman–Crippen MR) is 168 cm³/mol. The molecule has 228 valence electrons. The number of aliphatic hydroxyl groups excluding tert-OH is 1. The number of hydrogen-bond acceptors (Lipinski definition) is 11. The molecule has 8 atom stereocenters. The third kappa shape index (κ3) is 5.88. The lowest BCUT2D eigenvalue weighted by molar-refractivity contribution is -0.0475. The minimum Gasteiger partial charge on any atom is -0.408 e. The molecule has 3 aliphatic rings. The highest BCUT2D eigenvalue weighted by Crippen LogP contribution is 2.75. The summed E-state index contributed by atoms with van der Waals surface area (Å²) in [6.45, 7) is 19.2. The topological polar surface area (TPSA) is 147 Å². The summed E-state index contributed by atoms with van der Waals surface area (Å²) in [6.07, 6.45) is 0.993. The van der Waals surface area contributed by atoms with Crippen LogP contribution in [0.25, 0.3) is 11.2 Å². The van der Waals surface area contributed by atoms with Gasteiger partial charge in [-0.2, -0.15) is 4.98 Å². The number of nitrogens with zero attached hydrogens (tertiary/aromatic N) is 3. The van der Waals surface area contributed by atoms with Crippen LogP contribution in [0.5, 0.6) is 0 Å². The molecular formula is C26H42N5O6PS2Si. The Morgan fingerprint density at radius 3 is 2.83 bits per heavy atom. The molecule has 4 heterocycles. The molecule has 0 aromatic carbocycles. The number of ether oxygens (including phenoxy) is 1. The van der Waals surface area contributed by atoms with E-state index >= 15 is 0 Å². The molecule has 4 N–H and O–H groups in total. The van der Waals surface area contributed by atoms with Crippen LogP contribution < -0.4 is 11.3 Å². The van der Waals surface area contributed by atoms with E-state index in [4.69, 9.17) is 35.8 Å². The molecule has 0 radical (unpaired) electrons. The van der Waals surface area contributed by atoms with Gasteiger partial charge >= 0.3 is 0 Å². The predicted octanol–water partition coefficient (Wildman–Crippen LogP) is 4.86. The van der Waals surface area contributed by atoms with Gasteiger partial charge in [0.25, 0.3) is 5.56 Å². The molecular weight excluding hydrogens is 602 g/mol. The standard InChI is InChI=1S/C26H42N5O6PS2Si/c1-14(2)15-9-10-26(6)17(11-15)36-38(39,40-26)34-12-16-20(37-41(7,8)25(3,4)5)19(32)23(35-16)31-13-28-18-21(31)29-24(27)30-22(18)33/h13,15-17,19-20,23,32H,1,9-12H2,2-8H3,(H3,27,29,30,33)/t15-,16+,17+,19+,20?,23+,26+,38+/m0/s1. The molecule has 41 heavy (non-hydrogen) atoms. The second kappa shape index (κ2) is 10.8. The zero-order valence-electron chi connectivity index (χ0n) is 24.7. The van der Waals surface area contributed by atoms with Crippen LogP contribution in [-0.4, -0.2) is 68.7 Å². The van der Waals surface area contributed by atoms with Crippen LogP contribution >= 0.6 is 17.1 Å². The lowest BCUT2D eigenvalue weighted by Crippen LogP contribution is -2.49. The molecule has 1 aliphatic carbocycles. The van der Waals surface area contributed by atoms with E-state index in [-0.39, 0.29) is 39.6 Å². The number of anilines is 1. The molecule has 0 spiro atoms. The first-order valence-corrected chi connectivity index (χ1v) is 20.9. The number of nitrogen functional groups attached to an aromatic ring is 1. The van der Waals surface area contributed by atoms with Crippen molar-refractivity contribution in [2.75, 3.05) is 12.3 Å². The summed E-state index contributed by atoms with van der Waals surface area (Å²) in [5, 5.41) is 11.5. The van der Waals surface area contributed by atoms with Gasteiger partial charge in [-0.3, -0.25) is 14.3 Å². The second-order valence-electron chi connectivity index (χ2n) is 13.2. The fourth-order valence-corrected chi connectivity index (χ4v) is 13.9. The van der Waals surface area contributed by atoms with Gasteiger partial charge in [-0.15, -0.1) is 0 Å². The molecule has 2 aromatic rings. The smallest absolute Gasteiger partial charge is 0.280 e. The molecule has 2 saturated heterocycles. The first kappa shape index (κ1) is 31.3. The molecule has 5 rings (SSSR count). The van der Waals surface area contributed by atoms with Crippen LogP contribution in [-0.2, 0) is 30.0 Å². The van der Waals surface area contributed by atoms with Gasteiger partial charge in [-0.05, 0) is 69.0 Å². The van der Waals surface area contributed by atoms with Crippen LogP contribution in [0, 0.1) is 5.92 Å². The van der Waals surface area contributed by atoms with Gasteiger partial charge in [-0.25, -0.2) is 4.98 Å². The van der Waals surface area contributed by atoms with Crippen molar-refractivity contribution < 1.29 is 23.3 Å². The normalized spacial score (nSPS) is 36.1. The number of nitrogens with one attached hydrogen (secondary N) is 1. The summed E-state index contributed by atoms with van der Waals surface area (Å²) in [5.41, 5.74) is 4.15. The number of aromatic nitrogens is 4. The van der Waals surface area contributed by atoms with Crippen molar-refractivity contribution in [2.24, 2.45) is 5.92 Å². The van der Waals surface area contributed by atoms with Gasteiger partial charge in [0.15, 0.2) is 25.7 Å². The summed E-state index contributed by atoms with van der Waals surface area (Å²) in [7, 11) is -2.35. The molecule has 2 aromatic heterocycles. The molecule has 3 fully saturated rings. The van der Waals surface area contributed by atoms with Crippen LogP contribution in [0.1, 0.15) is 60.1 Å². The van der Waals surface area contributed by atoms with E-state index < -0.39 is 44.1 Å². The number of allylic oxidation sites excluding steroid dienone is 1. The summed E-state index contributed by atoms with van der Waals surface area (Å²) in [6, 6.07) is 0. The number of nitrogens with two attached hydrogens (primary N) is 1. The van der Waals surface area contributed by atoms with Crippen molar-refractivity contribution in [3.63, 3.8) is 0 Å². The highest BCUT2D eigenvalue weighted by atomic mass is 32.9. The monoisotopic (exact) mass is 643 g/mol. The summed E-state index contributed by atoms with van der Waals surface area (Å²) < 4.78 is 27.5. The summed E-state index contributed by atoms with van der Waals surface area (Å²) in [4.78, 5) is 23.3. The van der Waals surface area contributed by atoms with Gasteiger partial charge in [0.1, 0.15) is 18.3 Å². The van der Waals surface area contributed by atoms with Crippen molar-refractivity contribution in [3.05, 3.63) is 28.8 Å². The Bertz CT molecular complexity index is 1450. The van der Waals surface area contributed by atoms with Crippen molar-refractivity contribution >= 4 is 54.3 Å². The Balaban J connectivity index is 1.40. The lowest BCUT2D eigenvalue weighted by Gasteiger charge is -2.40. The molecule has 1 unspecified atom stereocenters. The maximum absolute atomic E-state index is 12.4. The van der Waals surface area contributed by atoms with Crippen molar-refractivity contribution in [1.82, 2.24) is 19.5 Å². The maximum atomic E-state index is 12.4. The largest absolute Gasteiger partial charge is 0.408 e. The van der Waals surface area contributed by atoms with Gasteiger partial charge in [0, 0.05) is 4.75 Å². The number of hydrogen-bond donors (Lipinski definition) is 3. The first-order valence-electron chi connectivity index (χ1n) is 14.0. The van der Waals surface area contributed by atoms with E-state index in [1.165, 1.54) is 16.5 Å². The third-order valence-corrected chi connectivity index (χ3v) is 19.4. The molecule has 15 heteroatoms. The minimum atomic E-state index is -2.69.